The Labute approximate surface area is 95.7 Å². The fourth-order valence-corrected chi connectivity index (χ4v) is 2.39. The maximum atomic E-state index is 5.88. The molecule has 80 valence electrons. The summed E-state index contributed by atoms with van der Waals surface area (Å²) in [6, 6.07) is 20.9. The summed E-state index contributed by atoms with van der Waals surface area (Å²) in [4.78, 5) is 0. The zero-order chi connectivity index (χ0) is 11.0. The largest absolute Gasteiger partial charge is 0.356 e. The average Bonchev–Trinajstić information content (AvgIpc) is 3.05. The summed E-state index contributed by atoms with van der Waals surface area (Å²) >= 11 is 0. The highest BCUT2D eigenvalue weighted by Gasteiger charge is 2.55. The first-order chi connectivity index (χ1) is 7.84. The van der Waals surface area contributed by atoms with Crippen molar-refractivity contribution in [2.45, 2.75) is 18.6 Å². The maximum absolute atomic E-state index is 5.88. The molecule has 1 heterocycles. The summed E-state index contributed by atoms with van der Waals surface area (Å²) in [6.45, 7) is 2.12. The van der Waals surface area contributed by atoms with E-state index < -0.39 is 0 Å². The normalized spacial score (nSPS) is 21.7. The number of hydrogen-bond donors (Lipinski definition) is 0. The van der Waals surface area contributed by atoms with E-state index in [1.54, 1.807) is 0 Å². The molecule has 1 nitrogen and oxygen atoms in total. The van der Waals surface area contributed by atoms with Crippen LogP contribution in [0.3, 0.4) is 0 Å². The molecule has 0 aliphatic carbocycles. The molecule has 0 aromatic heterocycles. The Bertz CT molecular complexity index is 436. The van der Waals surface area contributed by atoms with E-state index in [9.17, 15) is 0 Å². The van der Waals surface area contributed by atoms with Crippen LogP contribution >= 0.6 is 0 Å². The standard InChI is InChI=1S/C15H14O/c1-12-15(16-12,13-8-4-2-5-9-13)14-10-6-3-7-11-14/h2-12H,1H3/t12-/m1/s1. The highest BCUT2D eigenvalue weighted by molar-refractivity contribution is 5.42. The molecule has 3 rings (SSSR count). The minimum atomic E-state index is -0.206. The molecular formula is C15H14O. The predicted octanol–water partition coefficient (Wildman–Crippen LogP) is 3.35. The predicted molar refractivity (Wildman–Crippen MR) is 64.2 cm³/mol. The first kappa shape index (κ1) is 9.61. The van der Waals surface area contributed by atoms with Crippen LogP contribution in [0.15, 0.2) is 60.7 Å². The van der Waals surface area contributed by atoms with E-state index in [1.807, 2.05) is 12.1 Å². The van der Waals surface area contributed by atoms with Gasteiger partial charge in [-0.05, 0) is 18.1 Å². The molecule has 1 saturated heterocycles. The van der Waals surface area contributed by atoms with Crippen LogP contribution in [0.5, 0.6) is 0 Å². The van der Waals surface area contributed by atoms with Gasteiger partial charge in [0.15, 0.2) is 0 Å². The van der Waals surface area contributed by atoms with Crippen molar-refractivity contribution in [3.63, 3.8) is 0 Å². The van der Waals surface area contributed by atoms with Gasteiger partial charge in [0.2, 0.25) is 0 Å². The number of rotatable bonds is 2. The summed E-state index contributed by atoms with van der Waals surface area (Å²) in [5, 5.41) is 0. The molecule has 0 radical (unpaired) electrons. The highest BCUT2D eigenvalue weighted by atomic mass is 16.6. The van der Waals surface area contributed by atoms with E-state index in [-0.39, 0.29) is 11.7 Å². The van der Waals surface area contributed by atoms with Crippen molar-refractivity contribution in [2.75, 3.05) is 0 Å². The van der Waals surface area contributed by atoms with Crippen LogP contribution < -0.4 is 0 Å². The second-order valence-corrected chi connectivity index (χ2v) is 4.23. The monoisotopic (exact) mass is 210 g/mol. The average molecular weight is 210 g/mol. The molecule has 1 atom stereocenters. The third kappa shape index (κ3) is 1.29. The fraction of sp³-hybridized carbons (Fsp3) is 0.200. The molecular weight excluding hydrogens is 196 g/mol. The van der Waals surface area contributed by atoms with Crippen molar-refractivity contribution in [3.8, 4) is 0 Å². The van der Waals surface area contributed by atoms with Crippen molar-refractivity contribution in [1.82, 2.24) is 0 Å². The fourth-order valence-electron chi connectivity index (χ4n) is 2.39. The maximum Gasteiger partial charge on any atom is 0.144 e. The molecule has 0 amide bonds. The topological polar surface area (TPSA) is 12.5 Å². The molecule has 1 heteroatoms. The van der Waals surface area contributed by atoms with Gasteiger partial charge in [-0.3, -0.25) is 0 Å². The van der Waals surface area contributed by atoms with Gasteiger partial charge in [0, 0.05) is 0 Å². The first-order valence-corrected chi connectivity index (χ1v) is 5.63. The SMILES string of the molecule is C[C@H]1OC1(c1ccccc1)c1ccccc1. The van der Waals surface area contributed by atoms with E-state index in [0.29, 0.717) is 0 Å². The van der Waals surface area contributed by atoms with Gasteiger partial charge < -0.3 is 4.74 Å². The van der Waals surface area contributed by atoms with Gasteiger partial charge in [-0.15, -0.1) is 0 Å². The third-order valence-electron chi connectivity index (χ3n) is 3.28. The van der Waals surface area contributed by atoms with Crippen LogP contribution in [0.2, 0.25) is 0 Å². The quantitative estimate of drug-likeness (QED) is 0.692. The van der Waals surface area contributed by atoms with E-state index in [0.717, 1.165) is 0 Å². The van der Waals surface area contributed by atoms with Crippen LogP contribution in [-0.2, 0) is 10.3 Å². The van der Waals surface area contributed by atoms with E-state index in [4.69, 9.17) is 4.74 Å². The Morgan fingerprint density at radius 1 is 0.812 bits per heavy atom. The van der Waals surface area contributed by atoms with Crippen LogP contribution in [0.4, 0.5) is 0 Å². The zero-order valence-electron chi connectivity index (χ0n) is 9.26. The van der Waals surface area contributed by atoms with Crippen LogP contribution in [0.25, 0.3) is 0 Å². The minimum Gasteiger partial charge on any atom is -0.356 e. The second-order valence-electron chi connectivity index (χ2n) is 4.23. The molecule has 16 heavy (non-hydrogen) atoms. The molecule has 1 fully saturated rings. The summed E-state index contributed by atoms with van der Waals surface area (Å²) in [5.74, 6) is 0. The Kier molecular flexibility index (Phi) is 2.08. The number of ether oxygens (including phenoxy) is 1. The van der Waals surface area contributed by atoms with Gasteiger partial charge >= 0.3 is 0 Å². The van der Waals surface area contributed by atoms with Crippen molar-refractivity contribution in [1.29, 1.82) is 0 Å². The van der Waals surface area contributed by atoms with Gasteiger partial charge in [-0.25, -0.2) is 0 Å². The Morgan fingerprint density at radius 3 is 1.50 bits per heavy atom. The zero-order valence-corrected chi connectivity index (χ0v) is 9.26. The highest BCUT2D eigenvalue weighted by Crippen LogP contribution is 2.51. The van der Waals surface area contributed by atoms with E-state index in [1.165, 1.54) is 11.1 Å². The molecule has 0 saturated carbocycles. The van der Waals surface area contributed by atoms with Gasteiger partial charge in [0.25, 0.3) is 0 Å². The Balaban J connectivity index is 2.10. The smallest absolute Gasteiger partial charge is 0.144 e. The van der Waals surface area contributed by atoms with Crippen molar-refractivity contribution >= 4 is 0 Å². The molecule has 0 N–H and O–H groups in total. The summed E-state index contributed by atoms with van der Waals surface area (Å²) in [6.07, 6.45) is 0.261. The van der Waals surface area contributed by atoms with E-state index in [2.05, 4.69) is 55.5 Å². The van der Waals surface area contributed by atoms with Gasteiger partial charge in [0.1, 0.15) is 5.60 Å². The molecule has 1 aliphatic heterocycles. The second kappa shape index (κ2) is 3.46. The molecule has 0 unspecified atom stereocenters. The Morgan fingerprint density at radius 2 is 1.19 bits per heavy atom. The molecule has 2 aromatic rings. The molecule has 2 aromatic carbocycles. The molecule has 0 bridgehead atoms. The van der Waals surface area contributed by atoms with Crippen molar-refractivity contribution < 1.29 is 4.74 Å². The lowest BCUT2D eigenvalue weighted by atomic mass is 9.88. The van der Waals surface area contributed by atoms with Crippen molar-refractivity contribution in [2.24, 2.45) is 0 Å². The Hall–Kier alpha value is -1.60. The number of hydrogen-bond acceptors (Lipinski definition) is 1. The first-order valence-electron chi connectivity index (χ1n) is 5.63. The van der Waals surface area contributed by atoms with Gasteiger partial charge in [0.05, 0.1) is 6.10 Å². The lowest BCUT2D eigenvalue weighted by Crippen LogP contribution is -2.13. The number of epoxide rings is 1. The number of benzene rings is 2. The molecule has 1 aliphatic rings. The summed E-state index contributed by atoms with van der Waals surface area (Å²) < 4.78 is 5.88. The third-order valence-corrected chi connectivity index (χ3v) is 3.28. The lowest BCUT2D eigenvalue weighted by Gasteiger charge is -2.13. The van der Waals surface area contributed by atoms with Crippen LogP contribution in [-0.4, -0.2) is 6.10 Å². The summed E-state index contributed by atoms with van der Waals surface area (Å²) in [7, 11) is 0. The lowest BCUT2D eigenvalue weighted by molar-refractivity contribution is 0.332. The van der Waals surface area contributed by atoms with Crippen LogP contribution in [0, 0.1) is 0 Å². The van der Waals surface area contributed by atoms with Gasteiger partial charge in [-0.1, -0.05) is 60.7 Å². The van der Waals surface area contributed by atoms with E-state index >= 15 is 0 Å². The van der Waals surface area contributed by atoms with Gasteiger partial charge in [-0.2, -0.15) is 0 Å². The van der Waals surface area contributed by atoms with Crippen molar-refractivity contribution in [3.05, 3.63) is 71.8 Å². The summed E-state index contributed by atoms with van der Waals surface area (Å²) in [5.41, 5.74) is 2.28. The minimum absolute atomic E-state index is 0.206. The molecule has 0 spiro atoms. The van der Waals surface area contributed by atoms with Crippen LogP contribution in [0.1, 0.15) is 18.1 Å².